The molecular weight excluding hydrogens is 410 g/mol. The lowest BCUT2D eigenvalue weighted by molar-refractivity contribution is -0.134. The third-order valence-corrected chi connectivity index (χ3v) is 8.48. The van der Waals surface area contributed by atoms with Gasteiger partial charge in [0.2, 0.25) is 10.0 Å². The Balaban J connectivity index is 1.64. The summed E-state index contributed by atoms with van der Waals surface area (Å²) in [4.78, 5) is 14.5. The Morgan fingerprint density at radius 3 is 2.37 bits per heavy atom. The first-order chi connectivity index (χ1) is 14.4. The first-order valence-corrected chi connectivity index (χ1v) is 11.9. The van der Waals surface area contributed by atoms with Gasteiger partial charge in [-0.15, -0.1) is 0 Å². The van der Waals surface area contributed by atoms with Crippen LogP contribution in [0, 0.1) is 0 Å². The highest BCUT2D eigenvalue weighted by Gasteiger charge is 2.54. The molecule has 9 nitrogen and oxygen atoms in total. The minimum absolute atomic E-state index is 0.0292. The summed E-state index contributed by atoms with van der Waals surface area (Å²) in [7, 11) is -3.95. The van der Waals surface area contributed by atoms with Gasteiger partial charge in [0.05, 0.1) is 6.61 Å². The van der Waals surface area contributed by atoms with Crippen molar-refractivity contribution in [2.75, 3.05) is 50.9 Å². The molecule has 3 rings (SSSR count). The molecule has 168 valence electrons. The number of rotatable bonds is 8. The molecule has 2 heterocycles. The van der Waals surface area contributed by atoms with Gasteiger partial charge in [0.15, 0.2) is 4.75 Å². The van der Waals surface area contributed by atoms with Crippen LogP contribution in [0.3, 0.4) is 0 Å². The number of hydroxylamine groups is 1. The fourth-order valence-electron chi connectivity index (χ4n) is 3.93. The molecule has 0 unspecified atom stereocenters. The van der Waals surface area contributed by atoms with Gasteiger partial charge in [0, 0.05) is 57.9 Å². The van der Waals surface area contributed by atoms with Crippen LogP contribution in [-0.4, -0.2) is 74.6 Å². The minimum atomic E-state index is -3.95. The normalized spacial score (nSPS) is 20.0. The van der Waals surface area contributed by atoms with Gasteiger partial charge in [-0.3, -0.25) is 10.0 Å². The molecule has 0 atom stereocenters. The van der Waals surface area contributed by atoms with E-state index in [1.807, 2.05) is 24.3 Å². The van der Waals surface area contributed by atoms with Crippen LogP contribution in [0.1, 0.15) is 32.6 Å². The van der Waals surface area contributed by atoms with Crippen LogP contribution in [0.2, 0.25) is 0 Å². The number of sulfonamides is 1. The molecule has 10 heteroatoms. The number of carbonyl (C=O) groups excluding carboxylic acids is 1. The molecule has 2 N–H and O–H groups in total. The SMILES string of the molecule is CCCCOc1ccc(N2CCN(S(=O)(=O)C3(C(=O)NO)CCOCC3)CC2)cc1. The number of hydrogen-bond donors (Lipinski definition) is 2. The third-order valence-electron chi connectivity index (χ3n) is 5.86. The van der Waals surface area contributed by atoms with E-state index in [2.05, 4.69) is 11.8 Å². The molecule has 0 aliphatic carbocycles. The van der Waals surface area contributed by atoms with Gasteiger partial charge >= 0.3 is 0 Å². The van der Waals surface area contributed by atoms with Crippen molar-refractivity contribution in [2.24, 2.45) is 0 Å². The Hall–Kier alpha value is -1.88. The predicted octanol–water partition coefficient (Wildman–Crippen LogP) is 1.37. The van der Waals surface area contributed by atoms with Crippen LogP contribution < -0.4 is 15.1 Å². The van der Waals surface area contributed by atoms with E-state index in [4.69, 9.17) is 14.7 Å². The van der Waals surface area contributed by atoms with Crippen LogP contribution >= 0.6 is 0 Å². The number of benzene rings is 1. The van der Waals surface area contributed by atoms with E-state index in [0.29, 0.717) is 19.7 Å². The van der Waals surface area contributed by atoms with Gasteiger partial charge < -0.3 is 14.4 Å². The highest BCUT2D eigenvalue weighted by Crippen LogP contribution is 2.34. The summed E-state index contributed by atoms with van der Waals surface area (Å²) in [5.74, 6) is -0.0585. The van der Waals surface area contributed by atoms with Gasteiger partial charge in [-0.25, -0.2) is 13.9 Å². The van der Waals surface area contributed by atoms with Gasteiger partial charge in [-0.2, -0.15) is 4.31 Å². The summed E-state index contributed by atoms with van der Waals surface area (Å²) in [6.45, 7) is 4.73. The Kier molecular flexibility index (Phi) is 7.56. The van der Waals surface area contributed by atoms with Crippen LogP contribution in [-0.2, 0) is 19.6 Å². The van der Waals surface area contributed by atoms with Gasteiger partial charge in [-0.05, 0) is 30.7 Å². The van der Waals surface area contributed by atoms with Crippen molar-refractivity contribution in [3.05, 3.63) is 24.3 Å². The third kappa shape index (κ3) is 4.56. The summed E-state index contributed by atoms with van der Waals surface area (Å²) in [5, 5.41) is 9.15. The second-order valence-corrected chi connectivity index (χ2v) is 9.88. The number of piperazine rings is 1. The number of anilines is 1. The van der Waals surface area contributed by atoms with Gasteiger partial charge in [-0.1, -0.05) is 13.3 Å². The maximum Gasteiger partial charge on any atom is 0.266 e. The second kappa shape index (κ2) is 9.95. The molecule has 0 radical (unpaired) electrons. The molecule has 2 saturated heterocycles. The largest absolute Gasteiger partial charge is 0.494 e. The van der Waals surface area contributed by atoms with E-state index in [1.54, 1.807) is 5.48 Å². The van der Waals surface area contributed by atoms with Crippen LogP contribution in [0.25, 0.3) is 0 Å². The van der Waals surface area contributed by atoms with E-state index >= 15 is 0 Å². The zero-order valence-electron chi connectivity index (χ0n) is 17.4. The van der Waals surface area contributed by atoms with E-state index in [9.17, 15) is 13.2 Å². The molecule has 2 aliphatic heterocycles. The van der Waals surface area contributed by atoms with E-state index in [0.717, 1.165) is 24.3 Å². The summed E-state index contributed by atoms with van der Waals surface area (Å²) < 4.78 is 37.3. The quantitative estimate of drug-likeness (QED) is 0.356. The average Bonchev–Trinajstić information content (AvgIpc) is 2.79. The molecular formula is C20H31N3O6S. The van der Waals surface area contributed by atoms with E-state index in [-0.39, 0.29) is 39.1 Å². The number of hydrogen-bond acceptors (Lipinski definition) is 7. The molecule has 0 spiro atoms. The molecule has 1 aromatic rings. The second-order valence-electron chi connectivity index (χ2n) is 7.63. The van der Waals surface area contributed by atoms with Crippen LogP contribution in [0.4, 0.5) is 5.69 Å². The highest BCUT2D eigenvalue weighted by atomic mass is 32.2. The summed E-state index contributed by atoms with van der Waals surface area (Å²) in [5.41, 5.74) is 2.56. The molecule has 2 aliphatic rings. The lowest BCUT2D eigenvalue weighted by Gasteiger charge is -2.42. The first-order valence-electron chi connectivity index (χ1n) is 10.4. The van der Waals surface area contributed by atoms with Gasteiger partial charge in [0.25, 0.3) is 5.91 Å². The number of unbranched alkanes of at least 4 members (excludes halogenated alkanes) is 1. The number of ether oxygens (including phenoxy) is 2. The standard InChI is InChI=1S/C20H31N3O6S/c1-2-3-14-29-18-6-4-17(5-7-18)22-10-12-23(13-11-22)30(26,27)20(19(24)21-25)8-15-28-16-9-20/h4-7,25H,2-3,8-16H2,1H3,(H,21,24). The van der Waals surface area contributed by atoms with Crippen molar-refractivity contribution in [2.45, 2.75) is 37.4 Å². The Morgan fingerprint density at radius 1 is 1.17 bits per heavy atom. The lowest BCUT2D eigenvalue weighted by atomic mass is 9.98. The number of nitrogens with zero attached hydrogens (tertiary/aromatic N) is 2. The molecule has 2 fully saturated rings. The molecule has 0 bridgehead atoms. The summed E-state index contributed by atoms with van der Waals surface area (Å²) in [6, 6.07) is 7.81. The van der Waals surface area contributed by atoms with E-state index in [1.165, 1.54) is 4.31 Å². The lowest BCUT2D eigenvalue weighted by Crippen LogP contribution is -2.62. The van der Waals surface area contributed by atoms with Crippen LogP contribution in [0.5, 0.6) is 5.75 Å². The van der Waals surface area contributed by atoms with Crippen molar-refractivity contribution in [3.63, 3.8) is 0 Å². The van der Waals surface area contributed by atoms with Crippen molar-refractivity contribution >= 4 is 21.6 Å². The molecule has 30 heavy (non-hydrogen) atoms. The topological polar surface area (TPSA) is 108 Å². The molecule has 0 aromatic heterocycles. The molecule has 1 amide bonds. The maximum atomic E-state index is 13.3. The van der Waals surface area contributed by atoms with Crippen molar-refractivity contribution in [1.82, 2.24) is 9.79 Å². The fourth-order valence-corrected chi connectivity index (χ4v) is 6.03. The Morgan fingerprint density at radius 2 is 1.80 bits per heavy atom. The number of carbonyl (C=O) groups is 1. The number of amides is 1. The Bertz CT molecular complexity index is 800. The summed E-state index contributed by atoms with van der Waals surface area (Å²) >= 11 is 0. The zero-order valence-corrected chi connectivity index (χ0v) is 18.2. The first kappa shape index (κ1) is 22.8. The molecule has 0 saturated carbocycles. The monoisotopic (exact) mass is 441 g/mol. The van der Waals surface area contributed by atoms with E-state index < -0.39 is 20.7 Å². The smallest absolute Gasteiger partial charge is 0.266 e. The van der Waals surface area contributed by atoms with Crippen molar-refractivity contribution < 1.29 is 27.9 Å². The number of nitrogens with one attached hydrogen (secondary N) is 1. The maximum absolute atomic E-state index is 13.3. The van der Waals surface area contributed by atoms with Gasteiger partial charge in [0.1, 0.15) is 5.75 Å². The average molecular weight is 442 g/mol. The predicted molar refractivity (Wildman–Crippen MR) is 112 cm³/mol. The minimum Gasteiger partial charge on any atom is -0.494 e. The highest BCUT2D eigenvalue weighted by molar-refractivity contribution is 7.91. The Labute approximate surface area is 177 Å². The fraction of sp³-hybridized carbons (Fsp3) is 0.650. The van der Waals surface area contributed by atoms with Crippen molar-refractivity contribution in [1.29, 1.82) is 0 Å². The zero-order chi connectivity index (χ0) is 21.6. The van der Waals surface area contributed by atoms with Crippen LogP contribution in [0.15, 0.2) is 24.3 Å². The molecule has 1 aromatic carbocycles. The summed E-state index contributed by atoms with van der Waals surface area (Å²) in [6.07, 6.45) is 2.16. The van der Waals surface area contributed by atoms with Crippen molar-refractivity contribution in [3.8, 4) is 5.75 Å².